The number of methoxy groups -OCH3 is 1. The summed E-state index contributed by atoms with van der Waals surface area (Å²) >= 11 is 0. The zero-order valence-electron chi connectivity index (χ0n) is 12.1. The van der Waals surface area contributed by atoms with Crippen molar-refractivity contribution in [2.75, 3.05) is 33.3 Å². The lowest BCUT2D eigenvalue weighted by atomic mass is 10.1. The van der Waals surface area contributed by atoms with Crippen molar-refractivity contribution < 1.29 is 9.47 Å². The van der Waals surface area contributed by atoms with Gasteiger partial charge in [0.05, 0.1) is 18.3 Å². The predicted molar refractivity (Wildman–Crippen MR) is 75.4 cm³/mol. The molecule has 1 saturated carbocycles. The maximum absolute atomic E-state index is 6.16. The third kappa shape index (κ3) is 4.15. The summed E-state index contributed by atoms with van der Waals surface area (Å²) in [6.07, 6.45) is 8.96. The van der Waals surface area contributed by atoms with Crippen molar-refractivity contribution in [1.82, 2.24) is 10.2 Å². The van der Waals surface area contributed by atoms with Crippen LogP contribution in [0.2, 0.25) is 0 Å². The van der Waals surface area contributed by atoms with Gasteiger partial charge in [-0.2, -0.15) is 0 Å². The van der Waals surface area contributed by atoms with E-state index >= 15 is 0 Å². The maximum atomic E-state index is 6.16. The Morgan fingerprint density at radius 3 is 2.47 bits per heavy atom. The van der Waals surface area contributed by atoms with Gasteiger partial charge in [0.25, 0.3) is 0 Å². The van der Waals surface area contributed by atoms with Crippen molar-refractivity contribution in [3.63, 3.8) is 0 Å². The van der Waals surface area contributed by atoms with Gasteiger partial charge in [0.1, 0.15) is 0 Å². The Labute approximate surface area is 116 Å². The molecule has 110 valence electrons. The van der Waals surface area contributed by atoms with E-state index < -0.39 is 0 Å². The second-order valence-corrected chi connectivity index (χ2v) is 6.38. The minimum absolute atomic E-state index is 0.460. The van der Waals surface area contributed by atoms with Gasteiger partial charge in [-0.3, -0.25) is 0 Å². The normalized spacial score (nSPS) is 33.9. The van der Waals surface area contributed by atoms with Gasteiger partial charge in [0.15, 0.2) is 0 Å². The minimum atomic E-state index is 0.460. The van der Waals surface area contributed by atoms with Crippen LogP contribution in [-0.4, -0.2) is 62.5 Å². The molecule has 1 aliphatic carbocycles. The van der Waals surface area contributed by atoms with E-state index in [1.807, 2.05) is 7.11 Å². The highest BCUT2D eigenvalue weighted by Crippen LogP contribution is 2.24. The molecule has 0 bridgehead atoms. The van der Waals surface area contributed by atoms with E-state index in [9.17, 15) is 0 Å². The lowest BCUT2D eigenvalue weighted by Crippen LogP contribution is -2.41. The van der Waals surface area contributed by atoms with Gasteiger partial charge in [-0.25, -0.2) is 0 Å². The molecule has 0 aromatic rings. The highest BCUT2D eigenvalue weighted by atomic mass is 16.5. The van der Waals surface area contributed by atoms with Crippen molar-refractivity contribution in [3.05, 3.63) is 0 Å². The number of ether oxygens (including phenoxy) is 2. The molecular weight excluding hydrogens is 240 g/mol. The van der Waals surface area contributed by atoms with Gasteiger partial charge in [-0.1, -0.05) is 0 Å². The Bertz CT molecular complexity index is 275. The summed E-state index contributed by atoms with van der Waals surface area (Å²) in [5.74, 6) is 0. The van der Waals surface area contributed by atoms with E-state index in [4.69, 9.17) is 9.47 Å². The lowest BCUT2D eigenvalue weighted by Gasteiger charge is -2.32. The third-order valence-corrected chi connectivity index (χ3v) is 4.74. The molecule has 0 amide bonds. The number of nitrogens with zero attached hydrogens (tertiary/aromatic N) is 1. The van der Waals surface area contributed by atoms with Crippen molar-refractivity contribution in [2.24, 2.45) is 0 Å². The molecule has 4 nitrogen and oxygen atoms in total. The van der Waals surface area contributed by atoms with Crippen LogP contribution in [0.25, 0.3) is 0 Å². The van der Waals surface area contributed by atoms with Crippen molar-refractivity contribution >= 4 is 0 Å². The van der Waals surface area contributed by atoms with Gasteiger partial charge in [0.2, 0.25) is 0 Å². The lowest BCUT2D eigenvalue weighted by molar-refractivity contribution is -0.00151. The van der Waals surface area contributed by atoms with E-state index in [2.05, 4.69) is 10.2 Å². The first-order valence-corrected chi connectivity index (χ1v) is 7.97. The monoisotopic (exact) mass is 268 g/mol. The maximum Gasteiger partial charge on any atom is 0.0707 e. The van der Waals surface area contributed by atoms with Gasteiger partial charge >= 0.3 is 0 Å². The molecule has 2 atom stereocenters. The van der Waals surface area contributed by atoms with Crippen LogP contribution in [-0.2, 0) is 9.47 Å². The molecule has 2 saturated heterocycles. The highest BCUT2D eigenvalue weighted by Gasteiger charge is 2.30. The van der Waals surface area contributed by atoms with Crippen LogP contribution in [0.15, 0.2) is 0 Å². The van der Waals surface area contributed by atoms with Crippen LogP contribution in [0.3, 0.4) is 0 Å². The van der Waals surface area contributed by atoms with Crippen LogP contribution in [0.5, 0.6) is 0 Å². The van der Waals surface area contributed by atoms with Gasteiger partial charge in [-0.15, -0.1) is 0 Å². The van der Waals surface area contributed by atoms with E-state index in [1.165, 1.54) is 51.6 Å². The molecule has 4 heteroatoms. The predicted octanol–water partition coefficient (Wildman–Crippen LogP) is 1.40. The number of hydrogen-bond acceptors (Lipinski definition) is 4. The van der Waals surface area contributed by atoms with Crippen molar-refractivity contribution in [3.8, 4) is 0 Å². The summed E-state index contributed by atoms with van der Waals surface area (Å²) in [4.78, 5) is 2.55. The molecule has 2 aliphatic heterocycles. The molecule has 1 N–H and O–H groups in total. The van der Waals surface area contributed by atoms with Crippen LogP contribution in [0.4, 0.5) is 0 Å². The molecule has 0 aromatic heterocycles. The topological polar surface area (TPSA) is 33.7 Å². The zero-order valence-corrected chi connectivity index (χ0v) is 12.1. The van der Waals surface area contributed by atoms with Gasteiger partial charge in [0, 0.05) is 39.3 Å². The molecule has 3 fully saturated rings. The Balaban J connectivity index is 1.32. The average molecular weight is 268 g/mol. The smallest absolute Gasteiger partial charge is 0.0707 e. The van der Waals surface area contributed by atoms with Crippen molar-refractivity contribution in [2.45, 2.75) is 62.9 Å². The second kappa shape index (κ2) is 6.53. The summed E-state index contributed by atoms with van der Waals surface area (Å²) in [5.41, 5.74) is 0. The van der Waals surface area contributed by atoms with Gasteiger partial charge in [-0.05, 0) is 38.5 Å². The van der Waals surface area contributed by atoms with E-state index in [0.29, 0.717) is 18.3 Å². The Morgan fingerprint density at radius 2 is 1.79 bits per heavy atom. The van der Waals surface area contributed by atoms with Crippen LogP contribution in [0, 0.1) is 0 Å². The Hall–Kier alpha value is -0.160. The first-order chi connectivity index (χ1) is 9.33. The first-order valence-electron chi connectivity index (χ1n) is 7.97. The average Bonchev–Trinajstić information content (AvgIpc) is 3.17. The summed E-state index contributed by atoms with van der Waals surface area (Å²) in [6, 6.07) is 0.802. The molecular formula is C15H28N2O2. The number of nitrogens with one attached hydrogen (secondary N) is 1. The standard InChI is InChI=1S/C15H28N2O2/c1-18-13-6-8-17(9-7-13)11-15-5-4-14(19-15)10-16-12-2-3-12/h12-16H,2-11H2,1H3. The number of piperidine rings is 1. The van der Waals surface area contributed by atoms with Crippen molar-refractivity contribution in [1.29, 1.82) is 0 Å². The van der Waals surface area contributed by atoms with Gasteiger partial charge < -0.3 is 19.7 Å². The Morgan fingerprint density at radius 1 is 1.05 bits per heavy atom. The fourth-order valence-electron chi connectivity index (χ4n) is 3.27. The van der Waals surface area contributed by atoms with E-state index in [-0.39, 0.29) is 0 Å². The molecule has 0 radical (unpaired) electrons. The fraction of sp³-hybridized carbons (Fsp3) is 1.00. The van der Waals surface area contributed by atoms with E-state index in [1.54, 1.807) is 0 Å². The zero-order chi connectivity index (χ0) is 13.1. The minimum Gasteiger partial charge on any atom is -0.381 e. The molecule has 19 heavy (non-hydrogen) atoms. The molecule has 3 rings (SSSR count). The summed E-state index contributed by atoms with van der Waals surface area (Å²) in [5, 5.41) is 3.58. The quantitative estimate of drug-likeness (QED) is 0.789. The third-order valence-electron chi connectivity index (χ3n) is 4.74. The Kier molecular flexibility index (Phi) is 4.74. The second-order valence-electron chi connectivity index (χ2n) is 6.38. The molecule has 2 heterocycles. The number of hydrogen-bond donors (Lipinski definition) is 1. The van der Waals surface area contributed by atoms with E-state index in [0.717, 1.165) is 19.1 Å². The first kappa shape index (κ1) is 13.8. The fourth-order valence-corrected chi connectivity index (χ4v) is 3.27. The number of rotatable bonds is 6. The summed E-state index contributed by atoms with van der Waals surface area (Å²) in [7, 11) is 1.83. The molecule has 0 spiro atoms. The largest absolute Gasteiger partial charge is 0.381 e. The molecule has 0 aromatic carbocycles. The summed E-state index contributed by atoms with van der Waals surface area (Å²) in [6.45, 7) is 4.52. The molecule has 3 aliphatic rings. The summed E-state index contributed by atoms with van der Waals surface area (Å²) < 4.78 is 11.6. The highest BCUT2D eigenvalue weighted by molar-refractivity contribution is 4.85. The van der Waals surface area contributed by atoms with Crippen LogP contribution >= 0.6 is 0 Å². The van der Waals surface area contributed by atoms with Crippen LogP contribution in [0.1, 0.15) is 38.5 Å². The SMILES string of the molecule is COC1CCN(CC2CCC(CNC3CC3)O2)CC1. The number of likely N-dealkylation sites (tertiary alicyclic amines) is 1. The molecule has 2 unspecified atom stereocenters. The van der Waals surface area contributed by atoms with Crippen LogP contribution < -0.4 is 5.32 Å².